The largest absolute Gasteiger partial charge is 0.494 e. The molecule has 0 aromatic heterocycles. The third-order valence-electron chi connectivity index (χ3n) is 5.74. The highest BCUT2D eigenvalue weighted by molar-refractivity contribution is 7.80. The number of anilines is 1. The Morgan fingerprint density at radius 1 is 0.938 bits per heavy atom. The van der Waals surface area contributed by atoms with E-state index in [4.69, 9.17) is 21.7 Å². The van der Waals surface area contributed by atoms with E-state index in [1.807, 2.05) is 24.3 Å². The van der Waals surface area contributed by atoms with Crippen molar-refractivity contribution < 1.29 is 14.3 Å². The number of carbonyl (C=O) groups is 1. The summed E-state index contributed by atoms with van der Waals surface area (Å²) in [6.45, 7) is 3.56. The molecule has 0 atom stereocenters. The van der Waals surface area contributed by atoms with E-state index in [9.17, 15) is 4.79 Å². The zero-order valence-electron chi connectivity index (χ0n) is 18.9. The van der Waals surface area contributed by atoms with Gasteiger partial charge in [-0.1, -0.05) is 45.4 Å². The maximum atomic E-state index is 12.4. The van der Waals surface area contributed by atoms with Crippen LogP contribution in [0.4, 0.5) is 5.69 Å². The van der Waals surface area contributed by atoms with Crippen LogP contribution in [-0.4, -0.2) is 24.2 Å². The van der Waals surface area contributed by atoms with E-state index in [1.165, 1.54) is 32.1 Å². The minimum absolute atomic E-state index is 0.254. The molecule has 1 amide bonds. The zero-order valence-corrected chi connectivity index (χ0v) is 19.7. The van der Waals surface area contributed by atoms with Crippen LogP contribution < -0.4 is 20.1 Å². The lowest BCUT2D eigenvalue weighted by atomic mass is 9.87. The summed E-state index contributed by atoms with van der Waals surface area (Å²) >= 11 is 5.28. The van der Waals surface area contributed by atoms with Crippen LogP contribution in [0.5, 0.6) is 11.5 Å². The second-order valence-corrected chi connectivity index (χ2v) is 8.71. The molecule has 3 rings (SSSR count). The monoisotopic (exact) mass is 454 g/mol. The van der Waals surface area contributed by atoms with Crippen molar-refractivity contribution in [3.05, 3.63) is 54.1 Å². The van der Waals surface area contributed by atoms with E-state index in [2.05, 4.69) is 17.6 Å². The lowest BCUT2D eigenvalue weighted by molar-refractivity contribution is 0.0977. The Hall–Kier alpha value is -2.60. The molecule has 32 heavy (non-hydrogen) atoms. The normalized spacial score (nSPS) is 13.9. The Labute approximate surface area is 196 Å². The van der Waals surface area contributed by atoms with Gasteiger partial charge in [0.25, 0.3) is 5.91 Å². The molecule has 1 aliphatic rings. The van der Waals surface area contributed by atoms with Crippen LogP contribution in [0.1, 0.15) is 68.6 Å². The van der Waals surface area contributed by atoms with Crippen molar-refractivity contribution in [2.75, 3.05) is 18.5 Å². The molecule has 5 nitrogen and oxygen atoms in total. The Kier molecular flexibility index (Phi) is 9.82. The molecule has 2 aromatic rings. The molecule has 0 saturated heterocycles. The fourth-order valence-corrected chi connectivity index (χ4v) is 4.04. The fraction of sp³-hybridized carbons (Fsp3) is 0.462. The van der Waals surface area contributed by atoms with Gasteiger partial charge in [-0.2, -0.15) is 0 Å². The SMILES string of the molecule is CCCCOc1ccc(C(=O)NC(=S)Nc2ccc(OCCC3CCCCC3)cc2)cc1. The summed E-state index contributed by atoms with van der Waals surface area (Å²) in [6.07, 6.45) is 10.0. The molecule has 2 N–H and O–H groups in total. The summed E-state index contributed by atoms with van der Waals surface area (Å²) in [6, 6.07) is 14.7. The molecule has 1 aliphatic carbocycles. The third-order valence-corrected chi connectivity index (χ3v) is 5.95. The van der Waals surface area contributed by atoms with E-state index in [-0.39, 0.29) is 11.0 Å². The van der Waals surface area contributed by atoms with Crippen LogP contribution in [0.25, 0.3) is 0 Å². The minimum atomic E-state index is -0.259. The van der Waals surface area contributed by atoms with Gasteiger partial charge in [-0.05, 0) is 79.5 Å². The van der Waals surface area contributed by atoms with Gasteiger partial charge in [0.15, 0.2) is 5.11 Å². The molecular weight excluding hydrogens is 420 g/mol. The molecule has 2 aromatic carbocycles. The molecule has 0 radical (unpaired) electrons. The lowest BCUT2D eigenvalue weighted by Crippen LogP contribution is -2.34. The van der Waals surface area contributed by atoms with Crippen molar-refractivity contribution >= 4 is 28.9 Å². The average Bonchev–Trinajstić information content (AvgIpc) is 2.81. The number of carbonyl (C=O) groups excluding carboxylic acids is 1. The zero-order chi connectivity index (χ0) is 22.6. The molecule has 0 heterocycles. The second kappa shape index (κ2) is 13.1. The summed E-state index contributed by atoms with van der Waals surface area (Å²) in [4.78, 5) is 12.4. The van der Waals surface area contributed by atoms with Gasteiger partial charge >= 0.3 is 0 Å². The molecule has 1 fully saturated rings. The highest BCUT2D eigenvalue weighted by atomic mass is 32.1. The van der Waals surface area contributed by atoms with Crippen LogP contribution in [-0.2, 0) is 0 Å². The highest BCUT2D eigenvalue weighted by Crippen LogP contribution is 2.26. The molecule has 172 valence electrons. The van der Waals surface area contributed by atoms with Crippen LogP contribution in [0.15, 0.2) is 48.5 Å². The first-order valence-electron chi connectivity index (χ1n) is 11.7. The number of ether oxygens (including phenoxy) is 2. The van der Waals surface area contributed by atoms with Gasteiger partial charge in [0.05, 0.1) is 13.2 Å². The van der Waals surface area contributed by atoms with E-state index in [1.54, 1.807) is 24.3 Å². The predicted molar refractivity (Wildman–Crippen MR) is 134 cm³/mol. The number of amides is 1. The van der Waals surface area contributed by atoms with E-state index < -0.39 is 0 Å². The Bertz CT molecular complexity index is 846. The number of nitrogens with one attached hydrogen (secondary N) is 2. The predicted octanol–water partition coefficient (Wildman–Crippen LogP) is 6.34. The summed E-state index contributed by atoms with van der Waals surface area (Å²) in [7, 11) is 0. The van der Waals surface area contributed by atoms with Crippen LogP contribution in [0.2, 0.25) is 0 Å². The molecule has 0 unspecified atom stereocenters. The quantitative estimate of drug-likeness (QED) is 0.324. The van der Waals surface area contributed by atoms with Crippen molar-refractivity contribution in [2.24, 2.45) is 5.92 Å². The highest BCUT2D eigenvalue weighted by Gasteiger charge is 2.13. The topological polar surface area (TPSA) is 59.6 Å². The van der Waals surface area contributed by atoms with Gasteiger partial charge in [0.1, 0.15) is 11.5 Å². The number of benzene rings is 2. The van der Waals surface area contributed by atoms with Gasteiger partial charge in [-0.25, -0.2) is 0 Å². The number of thiocarbonyl (C=S) groups is 1. The van der Waals surface area contributed by atoms with Crippen LogP contribution in [0.3, 0.4) is 0 Å². The van der Waals surface area contributed by atoms with Gasteiger partial charge in [-0.3, -0.25) is 10.1 Å². The molecule has 0 spiro atoms. The summed E-state index contributed by atoms with van der Waals surface area (Å²) in [5, 5.41) is 6.01. The van der Waals surface area contributed by atoms with Gasteiger partial charge in [0.2, 0.25) is 0 Å². The number of hydrogen-bond donors (Lipinski definition) is 2. The maximum Gasteiger partial charge on any atom is 0.257 e. The first-order valence-corrected chi connectivity index (χ1v) is 12.1. The minimum Gasteiger partial charge on any atom is -0.494 e. The smallest absolute Gasteiger partial charge is 0.257 e. The van der Waals surface area contributed by atoms with Gasteiger partial charge in [0, 0.05) is 11.3 Å². The molecule has 6 heteroatoms. The Morgan fingerprint density at radius 2 is 1.56 bits per heavy atom. The Morgan fingerprint density at radius 3 is 2.22 bits per heavy atom. The van der Waals surface area contributed by atoms with Gasteiger partial charge in [-0.15, -0.1) is 0 Å². The van der Waals surface area contributed by atoms with Crippen molar-refractivity contribution in [1.29, 1.82) is 0 Å². The van der Waals surface area contributed by atoms with E-state index in [0.29, 0.717) is 12.2 Å². The van der Waals surface area contributed by atoms with Crippen molar-refractivity contribution in [1.82, 2.24) is 5.32 Å². The van der Waals surface area contributed by atoms with Crippen LogP contribution >= 0.6 is 12.2 Å². The Balaban J connectivity index is 1.39. The first-order chi connectivity index (χ1) is 15.6. The fourth-order valence-electron chi connectivity index (χ4n) is 3.83. The third kappa shape index (κ3) is 8.15. The number of hydrogen-bond acceptors (Lipinski definition) is 4. The van der Waals surface area contributed by atoms with Crippen molar-refractivity contribution in [2.45, 2.75) is 58.3 Å². The molecule has 0 aliphatic heterocycles. The molecule has 1 saturated carbocycles. The van der Waals surface area contributed by atoms with Crippen molar-refractivity contribution in [3.8, 4) is 11.5 Å². The summed E-state index contributed by atoms with van der Waals surface area (Å²) in [5.41, 5.74) is 1.33. The maximum absolute atomic E-state index is 12.4. The van der Waals surface area contributed by atoms with Crippen LogP contribution in [0, 0.1) is 5.92 Å². The van der Waals surface area contributed by atoms with E-state index >= 15 is 0 Å². The number of unbranched alkanes of at least 4 members (excludes halogenated alkanes) is 1. The molecule has 0 bridgehead atoms. The summed E-state index contributed by atoms with van der Waals surface area (Å²) < 4.78 is 11.5. The number of rotatable bonds is 10. The first kappa shape index (κ1) is 24.1. The average molecular weight is 455 g/mol. The standard InChI is InChI=1S/C26H34N2O3S/c1-2-3-18-30-23-13-9-21(10-14-23)25(29)28-26(32)27-22-11-15-24(16-12-22)31-19-17-20-7-5-4-6-8-20/h9-16,20H,2-8,17-19H2,1H3,(H2,27,28,29,32). The van der Waals surface area contributed by atoms with E-state index in [0.717, 1.165) is 49.0 Å². The van der Waals surface area contributed by atoms with Crippen molar-refractivity contribution in [3.63, 3.8) is 0 Å². The second-order valence-electron chi connectivity index (χ2n) is 8.30. The molecular formula is C26H34N2O3S. The summed E-state index contributed by atoms with van der Waals surface area (Å²) in [5.74, 6) is 2.17. The lowest BCUT2D eigenvalue weighted by Gasteiger charge is -2.21. The van der Waals surface area contributed by atoms with Gasteiger partial charge < -0.3 is 14.8 Å².